The van der Waals surface area contributed by atoms with E-state index in [2.05, 4.69) is 4.99 Å². The number of rotatable bonds is 5. The minimum atomic E-state index is -0.597. The number of ether oxygens (including phenoxy) is 2. The van der Waals surface area contributed by atoms with Crippen molar-refractivity contribution >= 4 is 29.5 Å². The maximum absolute atomic E-state index is 13.4. The number of hydrogen-bond donors (Lipinski definition) is 0. The van der Waals surface area contributed by atoms with Gasteiger partial charge in [-0.15, -0.1) is 0 Å². The van der Waals surface area contributed by atoms with Crippen LogP contribution in [0.15, 0.2) is 81.7 Å². The van der Waals surface area contributed by atoms with Crippen LogP contribution in [0.1, 0.15) is 24.1 Å². The average Bonchev–Trinajstić information content (AvgIpc) is 3.13. The highest BCUT2D eigenvalue weighted by Gasteiger charge is 2.32. The maximum atomic E-state index is 13.4. The van der Waals surface area contributed by atoms with Crippen molar-refractivity contribution in [2.45, 2.75) is 13.0 Å². The summed E-state index contributed by atoms with van der Waals surface area (Å²) in [6, 6.07) is 16.5. The average molecular weight is 447 g/mol. The molecule has 0 spiro atoms. The maximum Gasteiger partial charge on any atom is 0.338 e. The van der Waals surface area contributed by atoms with Crippen molar-refractivity contribution in [1.82, 2.24) is 4.57 Å². The SMILES string of the molecule is COC(=O)C1=C(C)N=c2s/c(=C/C=C/c3ccccc3OC)c(=O)n2C1c1ccccc1. The first-order valence-corrected chi connectivity index (χ1v) is 10.8. The third-order valence-electron chi connectivity index (χ3n) is 5.20. The number of aromatic nitrogens is 1. The monoisotopic (exact) mass is 446 g/mol. The van der Waals surface area contributed by atoms with Gasteiger partial charge in [0, 0.05) is 5.56 Å². The zero-order valence-electron chi connectivity index (χ0n) is 17.9. The van der Waals surface area contributed by atoms with E-state index < -0.39 is 12.0 Å². The molecule has 1 aliphatic heterocycles. The minimum Gasteiger partial charge on any atom is -0.496 e. The van der Waals surface area contributed by atoms with E-state index >= 15 is 0 Å². The summed E-state index contributed by atoms with van der Waals surface area (Å²) >= 11 is 1.29. The highest BCUT2D eigenvalue weighted by molar-refractivity contribution is 7.07. The predicted molar refractivity (Wildman–Crippen MR) is 125 cm³/mol. The number of para-hydroxylation sites is 1. The van der Waals surface area contributed by atoms with Gasteiger partial charge in [0.2, 0.25) is 0 Å². The summed E-state index contributed by atoms with van der Waals surface area (Å²) in [6.45, 7) is 1.76. The van der Waals surface area contributed by atoms with Crippen LogP contribution in [-0.4, -0.2) is 24.8 Å². The van der Waals surface area contributed by atoms with Gasteiger partial charge in [0.25, 0.3) is 5.56 Å². The first-order valence-electron chi connectivity index (χ1n) is 10.0. The van der Waals surface area contributed by atoms with E-state index in [1.807, 2.05) is 66.7 Å². The molecule has 4 rings (SSSR count). The largest absolute Gasteiger partial charge is 0.496 e. The number of nitrogens with zero attached hydrogens (tertiary/aromatic N) is 2. The summed E-state index contributed by atoms with van der Waals surface area (Å²) in [5.74, 6) is 0.256. The lowest BCUT2D eigenvalue weighted by atomic mass is 9.96. The number of methoxy groups -OCH3 is 2. The molecule has 3 aromatic rings. The molecule has 0 aliphatic carbocycles. The summed E-state index contributed by atoms with van der Waals surface area (Å²) in [5.41, 5.74) is 2.43. The van der Waals surface area contributed by atoms with Gasteiger partial charge >= 0.3 is 5.97 Å². The van der Waals surface area contributed by atoms with E-state index in [1.54, 1.807) is 24.7 Å². The zero-order valence-corrected chi connectivity index (χ0v) is 18.8. The van der Waals surface area contributed by atoms with Crippen LogP contribution in [0.5, 0.6) is 5.75 Å². The molecule has 32 heavy (non-hydrogen) atoms. The molecule has 0 saturated carbocycles. The van der Waals surface area contributed by atoms with E-state index in [-0.39, 0.29) is 5.56 Å². The second-order valence-electron chi connectivity index (χ2n) is 7.11. The normalized spacial score (nSPS) is 16.1. The standard InChI is InChI=1S/C25H22N2O4S/c1-16-21(24(29)31-3)22(18-11-5-4-6-12-18)27-23(28)20(32-25(27)26-16)15-9-13-17-10-7-8-14-19(17)30-2/h4-15,22H,1-3H3/b13-9+,20-15+. The summed E-state index contributed by atoms with van der Waals surface area (Å²) in [7, 11) is 2.95. The smallest absolute Gasteiger partial charge is 0.338 e. The first kappa shape index (κ1) is 21.5. The number of thiazole rings is 1. The van der Waals surface area contributed by atoms with Gasteiger partial charge in [-0.1, -0.05) is 72.0 Å². The van der Waals surface area contributed by atoms with E-state index in [0.29, 0.717) is 20.6 Å². The van der Waals surface area contributed by atoms with Crippen molar-refractivity contribution in [3.63, 3.8) is 0 Å². The summed E-state index contributed by atoms with van der Waals surface area (Å²) in [5, 5.41) is 0. The molecule has 0 N–H and O–H groups in total. The topological polar surface area (TPSA) is 69.9 Å². The van der Waals surface area contributed by atoms with Crippen LogP contribution in [-0.2, 0) is 9.53 Å². The second kappa shape index (κ2) is 9.20. The molecule has 2 aromatic carbocycles. The molecule has 0 amide bonds. The van der Waals surface area contributed by atoms with Gasteiger partial charge in [-0.3, -0.25) is 9.36 Å². The molecule has 1 atom stereocenters. The fourth-order valence-corrected chi connectivity index (χ4v) is 4.70. The van der Waals surface area contributed by atoms with Crippen molar-refractivity contribution in [1.29, 1.82) is 0 Å². The van der Waals surface area contributed by atoms with Crippen LogP contribution in [0.3, 0.4) is 0 Å². The Morgan fingerprint density at radius 3 is 2.53 bits per heavy atom. The van der Waals surface area contributed by atoms with Crippen molar-refractivity contribution in [3.05, 3.63) is 103 Å². The Balaban J connectivity index is 1.85. The van der Waals surface area contributed by atoms with E-state index in [0.717, 1.165) is 16.9 Å². The number of esters is 1. The molecule has 6 nitrogen and oxygen atoms in total. The van der Waals surface area contributed by atoms with E-state index in [1.165, 1.54) is 18.4 Å². The third kappa shape index (κ3) is 3.94. The Hall–Kier alpha value is -3.71. The van der Waals surface area contributed by atoms with Crippen molar-refractivity contribution in [3.8, 4) is 5.75 Å². The van der Waals surface area contributed by atoms with Gasteiger partial charge in [0.05, 0.1) is 36.1 Å². The number of hydrogen-bond acceptors (Lipinski definition) is 6. The number of allylic oxidation sites excluding steroid dienone is 2. The number of fused-ring (bicyclic) bond motifs is 1. The van der Waals surface area contributed by atoms with Gasteiger partial charge in [-0.25, -0.2) is 9.79 Å². The fourth-order valence-electron chi connectivity index (χ4n) is 3.70. The van der Waals surface area contributed by atoms with Gasteiger partial charge in [-0.2, -0.15) is 0 Å². The van der Waals surface area contributed by atoms with E-state index in [9.17, 15) is 9.59 Å². The van der Waals surface area contributed by atoms with Crippen LogP contribution >= 0.6 is 11.3 Å². The molecule has 7 heteroatoms. The number of carbonyl (C=O) groups excluding carboxylic acids is 1. The molecule has 162 valence electrons. The predicted octanol–water partition coefficient (Wildman–Crippen LogP) is 3.08. The quantitative estimate of drug-likeness (QED) is 0.565. The van der Waals surface area contributed by atoms with Gasteiger partial charge in [0.15, 0.2) is 4.80 Å². The molecule has 1 aromatic heterocycles. The van der Waals surface area contributed by atoms with Gasteiger partial charge in [-0.05, 0) is 24.6 Å². The molecular weight excluding hydrogens is 424 g/mol. The highest BCUT2D eigenvalue weighted by Crippen LogP contribution is 2.30. The van der Waals surface area contributed by atoms with Gasteiger partial charge in [0.1, 0.15) is 5.75 Å². The van der Waals surface area contributed by atoms with Crippen molar-refractivity contribution < 1.29 is 14.3 Å². The molecule has 1 unspecified atom stereocenters. The van der Waals surface area contributed by atoms with Crippen molar-refractivity contribution in [2.75, 3.05) is 14.2 Å². The molecule has 0 saturated heterocycles. The molecule has 0 fully saturated rings. The van der Waals surface area contributed by atoms with Gasteiger partial charge < -0.3 is 9.47 Å². The second-order valence-corrected chi connectivity index (χ2v) is 8.12. The number of carbonyl (C=O) groups is 1. The Labute approximate surface area is 189 Å². The third-order valence-corrected chi connectivity index (χ3v) is 6.21. The fraction of sp³-hybridized carbons (Fsp3) is 0.160. The number of benzene rings is 2. The van der Waals surface area contributed by atoms with Crippen molar-refractivity contribution in [2.24, 2.45) is 4.99 Å². The zero-order chi connectivity index (χ0) is 22.7. The summed E-state index contributed by atoms with van der Waals surface area (Å²) in [4.78, 5) is 31.1. The highest BCUT2D eigenvalue weighted by atomic mass is 32.1. The first-order chi connectivity index (χ1) is 15.5. The van der Waals surface area contributed by atoms with Crippen LogP contribution in [0, 0.1) is 0 Å². The van der Waals surface area contributed by atoms with Crippen LogP contribution in [0.25, 0.3) is 12.2 Å². The Kier molecular flexibility index (Phi) is 6.18. The van der Waals surface area contributed by atoms with E-state index in [4.69, 9.17) is 9.47 Å². The minimum absolute atomic E-state index is 0.207. The lowest BCUT2D eigenvalue weighted by Gasteiger charge is -2.24. The molecule has 1 aliphatic rings. The van der Waals surface area contributed by atoms with Crippen LogP contribution < -0.4 is 19.6 Å². The molecule has 0 radical (unpaired) electrons. The summed E-state index contributed by atoms with van der Waals surface area (Å²) < 4.78 is 12.5. The Morgan fingerprint density at radius 2 is 1.81 bits per heavy atom. The lowest BCUT2D eigenvalue weighted by molar-refractivity contribution is -0.136. The van der Waals surface area contributed by atoms with Crippen LogP contribution in [0.4, 0.5) is 0 Å². The molecular formula is C25H22N2O4S. The molecule has 0 bridgehead atoms. The molecule has 2 heterocycles. The Morgan fingerprint density at radius 1 is 1.09 bits per heavy atom. The van der Waals surface area contributed by atoms with Crippen LogP contribution in [0.2, 0.25) is 0 Å². The summed E-state index contributed by atoms with van der Waals surface area (Å²) in [6.07, 6.45) is 5.46. The Bertz CT molecular complexity index is 1400. The lowest BCUT2D eigenvalue weighted by Crippen LogP contribution is -2.39.